The highest BCUT2D eigenvalue weighted by atomic mass is 16.3. The summed E-state index contributed by atoms with van der Waals surface area (Å²) in [6.07, 6.45) is 0. The fourth-order valence-electron chi connectivity index (χ4n) is 2.77. The summed E-state index contributed by atoms with van der Waals surface area (Å²) in [6, 6.07) is 15.7. The average Bonchev–Trinajstić information content (AvgIpc) is 2.85. The first-order valence-corrected chi connectivity index (χ1v) is 8.04. The molecule has 0 saturated heterocycles. The molecule has 24 heavy (non-hydrogen) atoms. The van der Waals surface area contributed by atoms with Gasteiger partial charge in [-0.15, -0.1) is 0 Å². The number of nitrogens with zero attached hydrogens (tertiary/aromatic N) is 3. The van der Waals surface area contributed by atoms with Crippen LogP contribution in [-0.2, 0) is 6.54 Å². The Labute approximate surface area is 142 Å². The van der Waals surface area contributed by atoms with Crippen LogP contribution in [0.4, 0.5) is 5.69 Å². The largest absolute Gasteiger partial charge is 0.508 e. The van der Waals surface area contributed by atoms with Crippen LogP contribution in [0.2, 0.25) is 0 Å². The van der Waals surface area contributed by atoms with Crippen LogP contribution in [0.1, 0.15) is 35.7 Å². The molecule has 0 saturated carbocycles. The Bertz CT molecular complexity index is 841. The molecule has 0 bridgehead atoms. The number of benzene rings is 2. The second-order valence-electron chi connectivity index (χ2n) is 6.03. The first-order chi connectivity index (χ1) is 11.5. The quantitative estimate of drug-likeness (QED) is 0.749. The second-order valence-corrected chi connectivity index (χ2v) is 6.03. The Kier molecular flexibility index (Phi) is 4.51. The van der Waals surface area contributed by atoms with Crippen molar-refractivity contribution in [3.63, 3.8) is 0 Å². The van der Waals surface area contributed by atoms with Crippen LogP contribution < -0.4 is 5.32 Å². The number of aromatic nitrogens is 3. The van der Waals surface area contributed by atoms with E-state index in [-0.39, 0.29) is 11.8 Å². The standard InChI is InChI=1S/C19H22N4O/c1-13(17-7-5-9-19(24)11-17)20-18-8-4-6-16(10-18)12-23-15(3)21-14(2)22-23/h4-11,13,20,24H,12H2,1-3H3/t13-/m1/s1. The molecule has 0 aliphatic heterocycles. The van der Waals surface area contributed by atoms with Gasteiger partial charge in [-0.1, -0.05) is 24.3 Å². The number of anilines is 1. The Morgan fingerprint density at radius 3 is 2.62 bits per heavy atom. The molecule has 2 aromatic carbocycles. The van der Waals surface area contributed by atoms with E-state index < -0.39 is 0 Å². The third kappa shape index (κ3) is 3.74. The van der Waals surface area contributed by atoms with Gasteiger partial charge in [-0.2, -0.15) is 5.10 Å². The van der Waals surface area contributed by atoms with E-state index in [9.17, 15) is 5.11 Å². The van der Waals surface area contributed by atoms with Crippen molar-refractivity contribution in [2.24, 2.45) is 0 Å². The van der Waals surface area contributed by atoms with Crippen LogP contribution in [0.25, 0.3) is 0 Å². The van der Waals surface area contributed by atoms with E-state index >= 15 is 0 Å². The maximum Gasteiger partial charge on any atom is 0.147 e. The number of aryl methyl sites for hydroxylation is 2. The van der Waals surface area contributed by atoms with Gasteiger partial charge >= 0.3 is 0 Å². The van der Waals surface area contributed by atoms with E-state index in [2.05, 4.69) is 34.5 Å². The summed E-state index contributed by atoms with van der Waals surface area (Å²) in [7, 11) is 0. The van der Waals surface area contributed by atoms with Crippen molar-refractivity contribution in [1.82, 2.24) is 14.8 Å². The maximum atomic E-state index is 9.62. The van der Waals surface area contributed by atoms with Crippen LogP contribution in [-0.4, -0.2) is 19.9 Å². The summed E-state index contributed by atoms with van der Waals surface area (Å²) in [6.45, 7) is 6.64. The average molecular weight is 322 g/mol. The number of hydrogen-bond acceptors (Lipinski definition) is 4. The van der Waals surface area contributed by atoms with Crippen molar-refractivity contribution >= 4 is 5.69 Å². The summed E-state index contributed by atoms with van der Waals surface area (Å²) >= 11 is 0. The molecule has 5 heteroatoms. The van der Waals surface area contributed by atoms with Crippen molar-refractivity contribution in [1.29, 1.82) is 0 Å². The maximum absolute atomic E-state index is 9.62. The summed E-state index contributed by atoms with van der Waals surface area (Å²) in [5.41, 5.74) is 3.25. The van der Waals surface area contributed by atoms with E-state index in [0.717, 1.165) is 28.5 Å². The molecule has 3 aromatic rings. The van der Waals surface area contributed by atoms with Crippen molar-refractivity contribution in [2.45, 2.75) is 33.4 Å². The summed E-state index contributed by atoms with van der Waals surface area (Å²) < 4.78 is 1.91. The minimum Gasteiger partial charge on any atom is -0.508 e. The molecule has 0 aliphatic carbocycles. The lowest BCUT2D eigenvalue weighted by atomic mass is 10.1. The SMILES string of the molecule is Cc1nc(C)n(Cc2cccc(N[C@H](C)c3cccc(O)c3)c2)n1. The molecular formula is C19H22N4O. The van der Waals surface area contributed by atoms with Gasteiger partial charge in [0.25, 0.3) is 0 Å². The third-order valence-corrected chi connectivity index (χ3v) is 3.98. The van der Waals surface area contributed by atoms with Gasteiger partial charge in [-0.05, 0) is 56.2 Å². The summed E-state index contributed by atoms with van der Waals surface area (Å²) in [5, 5.41) is 17.5. The van der Waals surface area contributed by atoms with Crippen LogP contribution >= 0.6 is 0 Å². The molecular weight excluding hydrogens is 300 g/mol. The molecule has 124 valence electrons. The Hall–Kier alpha value is -2.82. The van der Waals surface area contributed by atoms with Gasteiger partial charge in [0, 0.05) is 11.7 Å². The highest BCUT2D eigenvalue weighted by Gasteiger charge is 2.08. The second kappa shape index (κ2) is 6.74. The van der Waals surface area contributed by atoms with Crippen molar-refractivity contribution < 1.29 is 5.11 Å². The molecule has 5 nitrogen and oxygen atoms in total. The summed E-state index contributed by atoms with van der Waals surface area (Å²) in [4.78, 5) is 4.34. The topological polar surface area (TPSA) is 63.0 Å². The van der Waals surface area contributed by atoms with E-state index in [4.69, 9.17) is 0 Å². The van der Waals surface area contributed by atoms with Crippen LogP contribution in [0, 0.1) is 13.8 Å². The Morgan fingerprint density at radius 1 is 1.12 bits per heavy atom. The predicted octanol–water partition coefficient (Wildman–Crippen LogP) is 3.82. The Morgan fingerprint density at radius 2 is 1.92 bits per heavy atom. The molecule has 1 heterocycles. The fourth-order valence-corrected chi connectivity index (χ4v) is 2.77. The molecule has 2 N–H and O–H groups in total. The number of nitrogens with one attached hydrogen (secondary N) is 1. The van der Waals surface area contributed by atoms with Gasteiger partial charge in [-0.3, -0.25) is 0 Å². The lowest BCUT2D eigenvalue weighted by Crippen LogP contribution is -2.08. The molecule has 1 aromatic heterocycles. The first kappa shape index (κ1) is 16.1. The first-order valence-electron chi connectivity index (χ1n) is 8.04. The zero-order chi connectivity index (χ0) is 17.1. The molecule has 0 unspecified atom stereocenters. The number of aromatic hydroxyl groups is 1. The number of phenolic OH excluding ortho intramolecular Hbond substituents is 1. The molecule has 0 spiro atoms. The van der Waals surface area contributed by atoms with Crippen molar-refractivity contribution in [2.75, 3.05) is 5.32 Å². The van der Waals surface area contributed by atoms with Gasteiger partial charge < -0.3 is 10.4 Å². The van der Waals surface area contributed by atoms with Gasteiger partial charge in [-0.25, -0.2) is 9.67 Å². The lowest BCUT2D eigenvalue weighted by Gasteiger charge is -2.17. The van der Waals surface area contributed by atoms with Crippen LogP contribution in [0.5, 0.6) is 5.75 Å². The number of hydrogen-bond donors (Lipinski definition) is 2. The highest BCUT2D eigenvalue weighted by Crippen LogP contribution is 2.23. The number of rotatable bonds is 5. The monoisotopic (exact) mass is 322 g/mol. The lowest BCUT2D eigenvalue weighted by molar-refractivity contribution is 0.474. The van der Waals surface area contributed by atoms with Crippen LogP contribution in [0.15, 0.2) is 48.5 Å². The Balaban J connectivity index is 1.74. The van der Waals surface area contributed by atoms with Gasteiger partial charge in [0.15, 0.2) is 0 Å². The molecule has 0 radical (unpaired) electrons. The zero-order valence-electron chi connectivity index (χ0n) is 14.2. The van der Waals surface area contributed by atoms with E-state index in [1.165, 1.54) is 0 Å². The molecule has 0 amide bonds. The zero-order valence-corrected chi connectivity index (χ0v) is 14.2. The normalized spacial score (nSPS) is 12.1. The van der Waals surface area contributed by atoms with E-state index in [1.54, 1.807) is 12.1 Å². The minimum absolute atomic E-state index is 0.0997. The van der Waals surface area contributed by atoms with Gasteiger partial charge in [0.05, 0.1) is 6.54 Å². The highest BCUT2D eigenvalue weighted by molar-refractivity contribution is 5.48. The molecule has 0 fully saturated rings. The summed E-state index contributed by atoms with van der Waals surface area (Å²) in [5.74, 6) is 1.99. The van der Waals surface area contributed by atoms with E-state index in [0.29, 0.717) is 6.54 Å². The fraction of sp³-hybridized carbons (Fsp3) is 0.263. The van der Waals surface area contributed by atoms with Crippen molar-refractivity contribution in [3.05, 3.63) is 71.3 Å². The predicted molar refractivity (Wildman–Crippen MR) is 95.2 cm³/mol. The van der Waals surface area contributed by atoms with Crippen molar-refractivity contribution in [3.8, 4) is 5.75 Å². The molecule has 1 atom stereocenters. The van der Waals surface area contributed by atoms with Gasteiger partial charge in [0.2, 0.25) is 0 Å². The smallest absolute Gasteiger partial charge is 0.147 e. The third-order valence-electron chi connectivity index (χ3n) is 3.98. The molecule has 3 rings (SSSR count). The number of phenols is 1. The van der Waals surface area contributed by atoms with E-state index in [1.807, 2.05) is 42.8 Å². The minimum atomic E-state index is 0.0997. The van der Waals surface area contributed by atoms with Gasteiger partial charge in [0.1, 0.15) is 17.4 Å². The molecule has 0 aliphatic rings. The van der Waals surface area contributed by atoms with Crippen LogP contribution in [0.3, 0.4) is 0 Å².